The average molecular weight is 458 g/mol. The first-order chi connectivity index (χ1) is 16.3. The summed E-state index contributed by atoms with van der Waals surface area (Å²) in [5.41, 5.74) is 9.93. The number of anilines is 2. The van der Waals surface area contributed by atoms with Crippen LogP contribution in [0.4, 0.5) is 11.4 Å². The summed E-state index contributed by atoms with van der Waals surface area (Å²) in [6.07, 6.45) is 1.50. The van der Waals surface area contributed by atoms with Crippen LogP contribution >= 0.6 is 0 Å². The van der Waals surface area contributed by atoms with Gasteiger partial charge in [0, 0.05) is 34.6 Å². The minimum Gasteiger partial charge on any atom is -0.462 e. The van der Waals surface area contributed by atoms with Crippen LogP contribution in [0.25, 0.3) is 0 Å². The van der Waals surface area contributed by atoms with E-state index in [0.717, 1.165) is 16.8 Å². The van der Waals surface area contributed by atoms with Crippen molar-refractivity contribution in [1.82, 2.24) is 0 Å². The number of ketones is 1. The highest BCUT2D eigenvalue weighted by molar-refractivity contribution is 6.23. The zero-order chi connectivity index (χ0) is 24.2. The molecule has 2 aromatic rings. The van der Waals surface area contributed by atoms with Crippen molar-refractivity contribution < 1.29 is 19.1 Å². The average Bonchev–Trinajstić information content (AvgIpc) is 3.07. The molecule has 2 aromatic carbocycles. The monoisotopic (exact) mass is 457 g/mol. The number of rotatable bonds is 3. The van der Waals surface area contributed by atoms with E-state index in [2.05, 4.69) is 5.32 Å². The van der Waals surface area contributed by atoms with Crippen LogP contribution in [0.2, 0.25) is 0 Å². The van der Waals surface area contributed by atoms with Gasteiger partial charge in [-0.2, -0.15) is 0 Å². The van der Waals surface area contributed by atoms with Crippen molar-refractivity contribution in [2.75, 3.05) is 16.8 Å². The van der Waals surface area contributed by atoms with Gasteiger partial charge in [0.2, 0.25) is 5.91 Å². The lowest BCUT2D eigenvalue weighted by molar-refractivity contribution is -0.140. The van der Waals surface area contributed by atoms with Gasteiger partial charge in [-0.15, -0.1) is 0 Å². The highest BCUT2D eigenvalue weighted by Crippen LogP contribution is 2.55. The summed E-state index contributed by atoms with van der Waals surface area (Å²) in [5.74, 6) is -1.20. The number of nitrogens with zero attached hydrogens (tertiary/aromatic N) is 1. The Labute approximate surface area is 198 Å². The van der Waals surface area contributed by atoms with E-state index in [1.165, 1.54) is 0 Å². The molecule has 2 heterocycles. The molecule has 0 saturated carbocycles. The number of nitrogens with one attached hydrogen (secondary N) is 1. The molecule has 0 bridgehead atoms. The maximum atomic E-state index is 13.9. The Hall–Kier alpha value is -3.87. The summed E-state index contributed by atoms with van der Waals surface area (Å²) >= 11 is 0. The summed E-state index contributed by atoms with van der Waals surface area (Å²) in [4.78, 5) is 42.7. The van der Waals surface area contributed by atoms with E-state index in [9.17, 15) is 14.4 Å². The molecule has 1 unspecified atom stereocenters. The molecule has 7 heteroatoms. The molecule has 1 amide bonds. The molecule has 1 aliphatic carbocycles. The first-order valence-electron chi connectivity index (χ1n) is 11.5. The number of esters is 1. The maximum absolute atomic E-state index is 13.9. The number of allylic oxidation sites excluding steroid dienone is 1. The number of hydrogen-bond acceptors (Lipinski definition) is 6. The Morgan fingerprint density at radius 2 is 1.79 bits per heavy atom. The fourth-order valence-electron chi connectivity index (χ4n) is 5.41. The summed E-state index contributed by atoms with van der Waals surface area (Å²) in [6.45, 7) is 5.70. The highest BCUT2D eigenvalue weighted by Gasteiger charge is 2.62. The van der Waals surface area contributed by atoms with Crippen molar-refractivity contribution in [2.45, 2.75) is 45.4 Å². The van der Waals surface area contributed by atoms with Gasteiger partial charge in [0.15, 0.2) is 5.78 Å². The number of benzene rings is 2. The second kappa shape index (κ2) is 7.87. The number of carbonyl (C=O) groups is 3. The Morgan fingerprint density at radius 1 is 1.09 bits per heavy atom. The Balaban J connectivity index is 1.90. The van der Waals surface area contributed by atoms with Gasteiger partial charge in [-0.05, 0) is 51.8 Å². The van der Waals surface area contributed by atoms with Crippen molar-refractivity contribution in [3.63, 3.8) is 0 Å². The van der Waals surface area contributed by atoms with E-state index >= 15 is 0 Å². The van der Waals surface area contributed by atoms with Gasteiger partial charge >= 0.3 is 5.97 Å². The molecule has 0 radical (unpaired) electrons. The van der Waals surface area contributed by atoms with Crippen LogP contribution in [-0.2, 0) is 24.5 Å². The summed E-state index contributed by atoms with van der Waals surface area (Å²) in [7, 11) is 0. The molecule has 0 saturated heterocycles. The van der Waals surface area contributed by atoms with Gasteiger partial charge in [0.25, 0.3) is 0 Å². The third-order valence-corrected chi connectivity index (χ3v) is 6.84. The van der Waals surface area contributed by atoms with Gasteiger partial charge in [-0.3, -0.25) is 14.5 Å². The highest BCUT2D eigenvalue weighted by atomic mass is 16.5. The first-order valence-corrected chi connectivity index (χ1v) is 11.5. The molecule has 0 fully saturated rings. The molecule has 3 aliphatic rings. The van der Waals surface area contributed by atoms with E-state index in [-0.39, 0.29) is 23.8 Å². The first kappa shape index (κ1) is 21.9. The van der Waals surface area contributed by atoms with Crippen molar-refractivity contribution in [2.24, 2.45) is 5.73 Å². The fraction of sp³-hybridized carbons (Fsp3) is 0.296. The molecule has 3 N–H and O–H groups in total. The van der Waals surface area contributed by atoms with Gasteiger partial charge in [-0.25, -0.2) is 4.79 Å². The van der Waals surface area contributed by atoms with Crippen molar-refractivity contribution in [3.05, 3.63) is 81.8 Å². The molecule has 7 nitrogen and oxygen atoms in total. The van der Waals surface area contributed by atoms with Gasteiger partial charge in [0.05, 0.1) is 6.61 Å². The lowest BCUT2D eigenvalue weighted by Crippen LogP contribution is -2.53. The smallest absolute Gasteiger partial charge is 0.339 e. The molecule has 1 spiro atoms. The molecule has 2 aliphatic heterocycles. The zero-order valence-electron chi connectivity index (χ0n) is 19.5. The predicted molar refractivity (Wildman–Crippen MR) is 129 cm³/mol. The molecular formula is C27H27N3O4. The fourth-order valence-corrected chi connectivity index (χ4v) is 5.41. The van der Waals surface area contributed by atoms with Crippen LogP contribution in [-0.4, -0.2) is 24.3 Å². The molecule has 0 aromatic heterocycles. The van der Waals surface area contributed by atoms with E-state index in [4.69, 9.17) is 10.5 Å². The second-order valence-corrected chi connectivity index (χ2v) is 9.00. The quantitative estimate of drug-likeness (QED) is 0.681. The Bertz CT molecular complexity index is 1310. The van der Waals surface area contributed by atoms with E-state index < -0.39 is 17.3 Å². The number of Topliss-reactive ketones (excluding diaryl/α,β-unsaturated/α-hetero) is 1. The van der Waals surface area contributed by atoms with Crippen LogP contribution in [0.1, 0.15) is 42.9 Å². The Morgan fingerprint density at radius 3 is 2.50 bits per heavy atom. The number of aryl methyl sites for hydroxylation is 2. The van der Waals surface area contributed by atoms with Crippen LogP contribution < -0.4 is 16.0 Å². The number of nitrogens with two attached hydrogens (primary N) is 1. The van der Waals surface area contributed by atoms with Crippen LogP contribution in [0.3, 0.4) is 0 Å². The van der Waals surface area contributed by atoms with Crippen molar-refractivity contribution >= 4 is 29.0 Å². The largest absolute Gasteiger partial charge is 0.462 e. The summed E-state index contributed by atoms with van der Waals surface area (Å²) in [6, 6.07) is 13.2. The third kappa shape index (κ3) is 2.93. The SMILES string of the molecule is CCOC(=O)C1=C(N)N(c2ccc(C)cc2)C2=C(C(=O)CCC2)C12C(=O)Nc1ccc(C)cc12. The van der Waals surface area contributed by atoms with Gasteiger partial charge in [0.1, 0.15) is 16.8 Å². The zero-order valence-corrected chi connectivity index (χ0v) is 19.5. The van der Waals surface area contributed by atoms with Crippen molar-refractivity contribution in [1.29, 1.82) is 0 Å². The topological polar surface area (TPSA) is 102 Å². The number of hydrogen-bond donors (Lipinski definition) is 2. The van der Waals surface area contributed by atoms with E-state index in [1.807, 2.05) is 50.2 Å². The van der Waals surface area contributed by atoms with Crippen LogP contribution in [0, 0.1) is 13.8 Å². The number of ether oxygens (including phenoxy) is 1. The van der Waals surface area contributed by atoms with Gasteiger partial charge in [-0.1, -0.05) is 35.4 Å². The van der Waals surface area contributed by atoms with Crippen LogP contribution in [0.5, 0.6) is 0 Å². The van der Waals surface area contributed by atoms with E-state index in [0.29, 0.717) is 41.8 Å². The lowest BCUT2D eigenvalue weighted by Gasteiger charge is -2.44. The standard InChI is InChI=1S/C27H27N3O4/c1-4-34-25(32)23-24(28)30(17-11-8-15(2)9-12-17)20-6-5-7-21(31)22(20)27(23)18-14-16(3)10-13-19(18)29-26(27)33/h8-14H,4-7,28H2,1-3H3,(H,29,33). The molecule has 5 rings (SSSR count). The number of fused-ring (bicyclic) bond motifs is 3. The summed E-state index contributed by atoms with van der Waals surface area (Å²) in [5, 5.41) is 2.91. The Kier molecular flexibility index (Phi) is 5.08. The molecular weight excluding hydrogens is 430 g/mol. The predicted octanol–water partition coefficient (Wildman–Crippen LogP) is 3.75. The molecule has 1 atom stereocenters. The normalized spacial score (nSPS) is 21.6. The second-order valence-electron chi connectivity index (χ2n) is 9.00. The molecule has 174 valence electrons. The number of carbonyl (C=O) groups excluding carboxylic acids is 3. The van der Waals surface area contributed by atoms with Crippen LogP contribution in [0.15, 0.2) is 65.1 Å². The van der Waals surface area contributed by atoms with E-state index in [1.54, 1.807) is 17.9 Å². The third-order valence-electron chi connectivity index (χ3n) is 6.84. The minimum absolute atomic E-state index is 0.00854. The minimum atomic E-state index is -1.65. The number of amides is 1. The maximum Gasteiger partial charge on any atom is 0.339 e. The van der Waals surface area contributed by atoms with Crippen molar-refractivity contribution in [3.8, 4) is 0 Å². The molecule has 34 heavy (non-hydrogen) atoms. The summed E-state index contributed by atoms with van der Waals surface area (Å²) < 4.78 is 5.43. The lowest BCUT2D eigenvalue weighted by atomic mass is 9.63. The van der Waals surface area contributed by atoms with Gasteiger partial charge < -0.3 is 15.8 Å².